The molecule has 24 heavy (non-hydrogen) atoms. The molecule has 3 rings (SSSR count). The predicted molar refractivity (Wildman–Crippen MR) is 87.6 cm³/mol. The number of pyridine rings is 1. The normalized spacial score (nSPS) is 15.2. The highest BCUT2D eigenvalue weighted by molar-refractivity contribution is 5.32. The van der Waals surface area contributed by atoms with Gasteiger partial charge in [0.05, 0.1) is 20.8 Å². The molecule has 0 aliphatic carbocycles. The Morgan fingerprint density at radius 2 is 1.62 bits per heavy atom. The quantitative estimate of drug-likeness (QED) is 0.789. The van der Waals surface area contributed by atoms with Gasteiger partial charge in [-0.15, -0.1) is 4.98 Å². The van der Waals surface area contributed by atoms with Gasteiger partial charge in [-0.3, -0.25) is 4.98 Å². The summed E-state index contributed by atoms with van der Waals surface area (Å²) in [7, 11) is 3.06. The fourth-order valence-corrected chi connectivity index (χ4v) is 2.60. The highest BCUT2D eigenvalue weighted by Crippen LogP contribution is 2.23. The zero-order valence-corrected chi connectivity index (χ0v) is 13.9. The van der Waals surface area contributed by atoms with Gasteiger partial charge in [0.2, 0.25) is 5.95 Å². The predicted octanol–water partition coefficient (Wildman–Crippen LogP) is 1.58. The first-order chi connectivity index (χ1) is 11.8. The van der Waals surface area contributed by atoms with Crippen molar-refractivity contribution >= 4 is 5.95 Å². The minimum absolute atomic E-state index is 0.264. The molecule has 0 spiro atoms. The van der Waals surface area contributed by atoms with Crippen molar-refractivity contribution in [2.75, 3.05) is 38.8 Å². The SMILES string of the molecule is COc1nc(OC)nc(N2CCC(COc3ccncc3)CC2)n1. The van der Waals surface area contributed by atoms with Gasteiger partial charge in [0, 0.05) is 25.5 Å². The molecule has 3 heterocycles. The van der Waals surface area contributed by atoms with E-state index in [0.29, 0.717) is 18.5 Å². The zero-order valence-electron chi connectivity index (χ0n) is 13.9. The van der Waals surface area contributed by atoms with Gasteiger partial charge in [-0.25, -0.2) is 0 Å². The fourth-order valence-electron chi connectivity index (χ4n) is 2.60. The third-order valence-electron chi connectivity index (χ3n) is 3.98. The molecule has 0 N–H and O–H groups in total. The summed E-state index contributed by atoms with van der Waals surface area (Å²) in [6, 6.07) is 4.27. The molecule has 0 saturated carbocycles. The molecule has 0 aromatic carbocycles. The third-order valence-corrected chi connectivity index (χ3v) is 3.98. The summed E-state index contributed by atoms with van der Waals surface area (Å²) in [5.74, 6) is 1.96. The van der Waals surface area contributed by atoms with E-state index >= 15 is 0 Å². The molecule has 0 atom stereocenters. The van der Waals surface area contributed by atoms with Crippen LogP contribution in [0.2, 0.25) is 0 Å². The molecule has 0 amide bonds. The monoisotopic (exact) mass is 331 g/mol. The van der Waals surface area contributed by atoms with Crippen molar-refractivity contribution in [3.63, 3.8) is 0 Å². The minimum Gasteiger partial charge on any atom is -0.493 e. The second-order valence-corrected chi connectivity index (χ2v) is 5.53. The van der Waals surface area contributed by atoms with Gasteiger partial charge >= 0.3 is 12.0 Å². The number of ether oxygens (including phenoxy) is 3. The lowest BCUT2D eigenvalue weighted by atomic mass is 9.98. The Hall–Kier alpha value is -2.64. The number of methoxy groups -OCH3 is 2. The van der Waals surface area contributed by atoms with Crippen molar-refractivity contribution in [1.82, 2.24) is 19.9 Å². The Labute approximate surface area is 140 Å². The van der Waals surface area contributed by atoms with Crippen molar-refractivity contribution < 1.29 is 14.2 Å². The number of hydrogen-bond acceptors (Lipinski definition) is 8. The smallest absolute Gasteiger partial charge is 0.324 e. The van der Waals surface area contributed by atoms with E-state index in [0.717, 1.165) is 31.7 Å². The molecule has 2 aromatic heterocycles. The van der Waals surface area contributed by atoms with Crippen LogP contribution in [-0.4, -0.2) is 53.9 Å². The summed E-state index contributed by atoms with van der Waals surface area (Å²) in [5.41, 5.74) is 0. The maximum absolute atomic E-state index is 5.82. The van der Waals surface area contributed by atoms with E-state index in [1.807, 2.05) is 12.1 Å². The molecular formula is C16H21N5O3. The van der Waals surface area contributed by atoms with Crippen LogP contribution in [0.3, 0.4) is 0 Å². The van der Waals surface area contributed by atoms with E-state index in [-0.39, 0.29) is 12.0 Å². The van der Waals surface area contributed by atoms with Gasteiger partial charge in [0.15, 0.2) is 0 Å². The molecule has 1 fully saturated rings. The highest BCUT2D eigenvalue weighted by Gasteiger charge is 2.23. The second-order valence-electron chi connectivity index (χ2n) is 5.53. The van der Waals surface area contributed by atoms with Gasteiger partial charge in [-0.1, -0.05) is 0 Å². The summed E-state index contributed by atoms with van der Waals surface area (Å²) in [5, 5.41) is 0. The molecule has 0 bridgehead atoms. The van der Waals surface area contributed by atoms with Crippen molar-refractivity contribution in [2.45, 2.75) is 12.8 Å². The first kappa shape index (κ1) is 16.2. The van der Waals surface area contributed by atoms with Crippen molar-refractivity contribution in [3.8, 4) is 17.8 Å². The molecule has 0 radical (unpaired) electrons. The van der Waals surface area contributed by atoms with Crippen LogP contribution in [-0.2, 0) is 0 Å². The Kier molecular flexibility index (Phi) is 5.25. The molecule has 1 saturated heterocycles. The van der Waals surface area contributed by atoms with Gasteiger partial charge in [0.25, 0.3) is 0 Å². The van der Waals surface area contributed by atoms with E-state index in [1.165, 1.54) is 14.2 Å². The first-order valence-electron chi connectivity index (χ1n) is 7.90. The fraction of sp³-hybridized carbons (Fsp3) is 0.500. The number of rotatable bonds is 6. The first-order valence-corrected chi connectivity index (χ1v) is 7.90. The van der Waals surface area contributed by atoms with Crippen LogP contribution in [0.5, 0.6) is 17.8 Å². The maximum atomic E-state index is 5.82. The highest BCUT2D eigenvalue weighted by atomic mass is 16.5. The number of anilines is 1. The summed E-state index contributed by atoms with van der Waals surface area (Å²) >= 11 is 0. The second kappa shape index (κ2) is 7.76. The maximum Gasteiger partial charge on any atom is 0.324 e. The molecule has 128 valence electrons. The summed E-state index contributed by atoms with van der Waals surface area (Å²) in [6.07, 6.45) is 5.50. The van der Waals surface area contributed by atoms with Crippen LogP contribution in [0.25, 0.3) is 0 Å². The average Bonchev–Trinajstić information content (AvgIpc) is 2.67. The van der Waals surface area contributed by atoms with Crippen molar-refractivity contribution in [2.24, 2.45) is 5.92 Å². The van der Waals surface area contributed by atoms with Gasteiger partial charge in [0.1, 0.15) is 5.75 Å². The number of hydrogen-bond donors (Lipinski definition) is 0. The summed E-state index contributed by atoms with van der Waals surface area (Å²) in [4.78, 5) is 18.7. The molecule has 8 nitrogen and oxygen atoms in total. The lowest BCUT2D eigenvalue weighted by Gasteiger charge is -2.31. The largest absolute Gasteiger partial charge is 0.493 e. The van der Waals surface area contributed by atoms with Crippen LogP contribution < -0.4 is 19.1 Å². The van der Waals surface area contributed by atoms with Gasteiger partial charge < -0.3 is 19.1 Å². The number of aromatic nitrogens is 4. The molecule has 0 unspecified atom stereocenters. The van der Waals surface area contributed by atoms with Crippen LogP contribution >= 0.6 is 0 Å². The Morgan fingerprint density at radius 1 is 1.00 bits per heavy atom. The van der Waals surface area contributed by atoms with Crippen LogP contribution in [0.1, 0.15) is 12.8 Å². The number of nitrogens with zero attached hydrogens (tertiary/aromatic N) is 5. The summed E-state index contributed by atoms with van der Waals surface area (Å²) < 4.78 is 16.0. The Balaban J connectivity index is 1.55. The number of piperidine rings is 1. The van der Waals surface area contributed by atoms with E-state index in [1.54, 1.807) is 12.4 Å². The topological polar surface area (TPSA) is 82.5 Å². The molecule has 1 aliphatic heterocycles. The molecule has 1 aliphatic rings. The molecule has 8 heteroatoms. The van der Waals surface area contributed by atoms with Gasteiger partial charge in [-0.05, 0) is 30.9 Å². The van der Waals surface area contributed by atoms with E-state index in [2.05, 4.69) is 24.8 Å². The Bertz CT molecular complexity index is 625. The van der Waals surface area contributed by atoms with E-state index in [4.69, 9.17) is 14.2 Å². The molecular weight excluding hydrogens is 310 g/mol. The summed E-state index contributed by atoms with van der Waals surface area (Å²) in [6.45, 7) is 2.43. The molecule has 2 aromatic rings. The van der Waals surface area contributed by atoms with Crippen LogP contribution in [0.15, 0.2) is 24.5 Å². The van der Waals surface area contributed by atoms with Crippen molar-refractivity contribution in [3.05, 3.63) is 24.5 Å². The minimum atomic E-state index is 0.264. The third kappa shape index (κ3) is 4.01. The average molecular weight is 331 g/mol. The van der Waals surface area contributed by atoms with E-state index in [9.17, 15) is 0 Å². The van der Waals surface area contributed by atoms with Gasteiger partial charge in [-0.2, -0.15) is 9.97 Å². The lowest BCUT2D eigenvalue weighted by molar-refractivity contribution is 0.222. The van der Waals surface area contributed by atoms with E-state index < -0.39 is 0 Å². The Morgan fingerprint density at radius 3 is 2.21 bits per heavy atom. The van der Waals surface area contributed by atoms with Crippen LogP contribution in [0.4, 0.5) is 5.95 Å². The lowest BCUT2D eigenvalue weighted by Crippen LogP contribution is -2.36. The van der Waals surface area contributed by atoms with Crippen LogP contribution in [0, 0.1) is 5.92 Å². The standard InChI is InChI=1S/C16H21N5O3/c1-22-15-18-14(19-16(20-15)23-2)21-9-5-12(6-10-21)11-24-13-3-7-17-8-4-13/h3-4,7-8,12H,5-6,9-11H2,1-2H3. The van der Waals surface area contributed by atoms with Crippen molar-refractivity contribution in [1.29, 1.82) is 0 Å². The zero-order chi connectivity index (χ0) is 16.8.